The SMILES string of the molecule is CCCCc1oc2ccc(N)cc2c1C(=O)c1ccc(OCCN2CCCC2)cc1. The highest BCUT2D eigenvalue weighted by molar-refractivity contribution is 6.17. The van der Waals surface area contributed by atoms with E-state index in [1.807, 2.05) is 36.4 Å². The van der Waals surface area contributed by atoms with Gasteiger partial charge in [0.15, 0.2) is 5.78 Å². The zero-order valence-electron chi connectivity index (χ0n) is 17.7. The van der Waals surface area contributed by atoms with E-state index in [1.54, 1.807) is 6.07 Å². The molecule has 30 heavy (non-hydrogen) atoms. The molecule has 3 aromatic rings. The van der Waals surface area contributed by atoms with Crippen molar-refractivity contribution in [2.45, 2.75) is 39.0 Å². The number of hydrogen-bond acceptors (Lipinski definition) is 5. The number of hydrogen-bond donors (Lipinski definition) is 1. The third-order valence-electron chi connectivity index (χ3n) is 5.76. The molecule has 0 unspecified atom stereocenters. The maximum Gasteiger partial charge on any atom is 0.197 e. The van der Waals surface area contributed by atoms with Crippen molar-refractivity contribution >= 4 is 22.4 Å². The van der Waals surface area contributed by atoms with Crippen molar-refractivity contribution in [1.29, 1.82) is 0 Å². The second-order valence-electron chi connectivity index (χ2n) is 8.01. The molecule has 2 N–H and O–H groups in total. The van der Waals surface area contributed by atoms with Gasteiger partial charge in [-0.1, -0.05) is 13.3 Å². The van der Waals surface area contributed by atoms with Gasteiger partial charge in [-0.05, 0) is 74.8 Å². The fourth-order valence-corrected chi connectivity index (χ4v) is 4.07. The lowest BCUT2D eigenvalue weighted by molar-refractivity contribution is 0.103. The second-order valence-corrected chi connectivity index (χ2v) is 8.01. The molecule has 0 atom stereocenters. The van der Waals surface area contributed by atoms with E-state index >= 15 is 0 Å². The van der Waals surface area contributed by atoms with Crippen LogP contribution >= 0.6 is 0 Å². The molecule has 0 aliphatic carbocycles. The van der Waals surface area contributed by atoms with Gasteiger partial charge in [0.25, 0.3) is 0 Å². The number of rotatable bonds is 9. The predicted molar refractivity (Wildman–Crippen MR) is 120 cm³/mol. The molecule has 5 nitrogen and oxygen atoms in total. The maximum atomic E-state index is 13.4. The molecular formula is C25H30N2O3. The van der Waals surface area contributed by atoms with Crippen LogP contribution in [0.1, 0.15) is 54.3 Å². The van der Waals surface area contributed by atoms with Gasteiger partial charge in [-0.2, -0.15) is 0 Å². The summed E-state index contributed by atoms with van der Waals surface area (Å²) < 4.78 is 11.9. The summed E-state index contributed by atoms with van der Waals surface area (Å²) in [5.41, 5.74) is 8.58. The summed E-state index contributed by atoms with van der Waals surface area (Å²) >= 11 is 0. The number of furan rings is 1. The maximum absolute atomic E-state index is 13.4. The van der Waals surface area contributed by atoms with Gasteiger partial charge in [0.1, 0.15) is 23.7 Å². The minimum atomic E-state index is -0.0333. The van der Waals surface area contributed by atoms with Crippen LogP contribution < -0.4 is 10.5 Å². The van der Waals surface area contributed by atoms with Crippen molar-refractivity contribution in [3.05, 3.63) is 59.4 Å². The molecule has 158 valence electrons. The van der Waals surface area contributed by atoms with Gasteiger partial charge in [-0.15, -0.1) is 0 Å². The molecule has 2 heterocycles. The van der Waals surface area contributed by atoms with Gasteiger partial charge in [-0.3, -0.25) is 9.69 Å². The molecule has 1 aliphatic heterocycles. The molecule has 0 amide bonds. The second kappa shape index (κ2) is 9.35. The summed E-state index contributed by atoms with van der Waals surface area (Å²) in [6.45, 7) is 6.08. The Hall–Kier alpha value is -2.79. The van der Waals surface area contributed by atoms with Gasteiger partial charge in [-0.25, -0.2) is 0 Å². The molecule has 5 heteroatoms. The quantitative estimate of drug-likeness (QED) is 0.397. The van der Waals surface area contributed by atoms with Crippen LogP contribution in [0.4, 0.5) is 5.69 Å². The Bertz CT molecular complexity index is 1000. The van der Waals surface area contributed by atoms with Crippen LogP contribution in [0.2, 0.25) is 0 Å². The molecule has 1 aromatic heterocycles. The van der Waals surface area contributed by atoms with Crippen LogP contribution in [0.3, 0.4) is 0 Å². The van der Waals surface area contributed by atoms with E-state index in [2.05, 4.69) is 11.8 Å². The van der Waals surface area contributed by atoms with Crippen LogP contribution in [0, 0.1) is 0 Å². The van der Waals surface area contributed by atoms with Crippen LogP contribution in [-0.4, -0.2) is 36.9 Å². The smallest absolute Gasteiger partial charge is 0.197 e. The first-order valence-electron chi connectivity index (χ1n) is 11.0. The highest BCUT2D eigenvalue weighted by Gasteiger charge is 2.22. The van der Waals surface area contributed by atoms with E-state index in [1.165, 1.54) is 25.9 Å². The standard InChI is InChI=1S/C25H30N2O3/c1-2-3-6-23-24(21-17-19(26)9-12-22(21)30-23)25(28)18-7-10-20(11-8-18)29-16-15-27-13-4-5-14-27/h7-12,17H,2-6,13-16,26H2,1H3. The first kappa shape index (κ1) is 20.5. The van der Waals surface area contributed by atoms with Gasteiger partial charge in [0, 0.05) is 29.6 Å². The molecule has 1 saturated heterocycles. The fourth-order valence-electron chi connectivity index (χ4n) is 4.07. The number of ketones is 1. The van der Waals surface area contributed by atoms with Crippen LogP contribution in [0.5, 0.6) is 5.75 Å². The summed E-state index contributed by atoms with van der Waals surface area (Å²) in [7, 11) is 0. The molecule has 0 bridgehead atoms. The summed E-state index contributed by atoms with van der Waals surface area (Å²) in [5.74, 6) is 1.50. The third-order valence-corrected chi connectivity index (χ3v) is 5.76. The number of anilines is 1. The summed E-state index contributed by atoms with van der Waals surface area (Å²) in [6.07, 6.45) is 5.32. The lowest BCUT2D eigenvalue weighted by atomic mass is 9.98. The number of carbonyl (C=O) groups is 1. The normalized spacial score (nSPS) is 14.4. The Kier molecular flexibility index (Phi) is 6.38. The Morgan fingerprint density at radius 2 is 1.90 bits per heavy atom. The Labute approximate surface area is 177 Å². The van der Waals surface area contributed by atoms with Gasteiger partial charge in [0.2, 0.25) is 0 Å². The van der Waals surface area contributed by atoms with E-state index in [4.69, 9.17) is 14.9 Å². The van der Waals surface area contributed by atoms with Crippen LogP contribution in [0.15, 0.2) is 46.9 Å². The number of fused-ring (bicyclic) bond motifs is 1. The minimum Gasteiger partial charge on any atom is -0.492 e. The number of ether oxygens (including phenoxy) is 1. The van der Waals surface area contributed by atoms with E-state index in [9.17, 15) is 4.79 Å². The van der Waals surface area contributed by atoms with E-state index < -0.39 is 0 Å². The van der Waals surface area contributed by atoms with Gasteiger partial charge in [0.05, 0.1) is 5.56 Å². The number of nitrogen functional groups attached to an aromatic ring is 1. The lowest BCUT2D eigenvalue weighted by Gasteiger charge is -2.15. The number of unbranched alkanes of at least 4 members (excludes halogenated alkanes) is 1. The fraction of sp³-hybridized carbons (Fsp3) is 0.400. The molecule has 0 spiro atoms. The number of carbonyl (C=O) groups excluding carboxylic acids is 1. The molecule has 1 fully saturated rings. The van der Waals surface area contributed by atoms with E-state index in [-0.39, 0.29) is 5.78 Å². The topological polar surface area (TPSA) is 68.7 Å². The van der Waals surface area contributed by atoms with Gasteiger partial charge < -0.3 is 14.9 Å². The van der Waals surface area contributed by atoms with Crippen molar-refractivity contribution in [3.63, 3.8) is 0 Å². The summed E-state index contributed by atoms with van der Waals surface area (Å²) in [5, 5.41) is 0.789. The number of benzene rings is 2. The number of aryl methyl sites for hydroxylation is 1. The van der Waals surface area contributed by atoms with Gasteiger partial charge >= 0.3 is 0 Å². The zero-order chi connectivity index (χ0) is 20.9. The minimum absolute atomic E-state index is 0.0333. The first-order chi connectivity index (χ1) is 14.7. The Balaban J connectivity index is 1.51. The monoisotopic (exact) mass is 406 g/mol. The van der Waals surface area contributed by atoms with E-state index in [0.29, 0.717) is 29.0 Å². The van der Waals surface area contributed by atoms with Crippen molar-refractivity contribution in [2.24, 2.45) is 0 Å². The summed E-state index contributed by atoms with van der Waals surface area (Å²) in [6, 6.07) is 12.9. The lowest BCUT2D eigenvalue weighted by Crippen LogP contribution is -2.25. The number of nitrogens with zero attached hydrogens (tertiary/aromatic N) is 1. The van der Waals surface area contributed by atoms with Crippen molar-refractivity contribution in [1.82, 2.24) is 4.90 Å². The largest absolute Gasteiger partial charge is 0.492 e. The van der Waals surface area contributed by atoms with Crippen molar-refractivity contribution < 1.29 is 13.9 Å². The molecule has 1 aliphatic rings. The zero-order valence-corrected chi connectivity index (χ0v) is 17.7. The third kappa shape index (κ3) is 4.51. The highest BCUT2D eigenvalue weighted by Crippen LogP contribution is 2.31. The Morgan fingerprint density at radius 1 is 1.13 bits per heavy atom. The number of nitrogens with two attached hydrogens (primary N) is 1. The van der Waals surface area contributed by atoms with Crippen LogP contribution in [0.25, 0.3) is 11.0 Å². The molecular weight excluding hydrogens is 376 g/mol. The van der Waals surface area contributed by atoms with Crippen LogP contribution in [-0.2, 0) is 6.42 Å². The van der Waals surface area contributed by atoms with E-state index in [0.717, 1.165) is 42.7 Å². The average Bonchev–Trinajstić information content (AvgIpc) is 3.39. The summed E-state index contributed by atoms with van der Waals surface area (Å²) in [4.78, 5) is 15.8. The molecule has 0 radical (unpaired) electrons. The first-order valence-corrected chi connectivity index (χ1v) is 11.0. The molecule has 2 aromatic carbocycles. The Morgan fingerprint density at radius 3 is 2.63 bits per heavy atom. The predicted octanol–water partition coefficient (Wildman–Crippen LogP) is 5.06. The number of likely N-dealkylation sites (tertiary alicyclic amines) is 1. The van der Waals surface area contributed by atoms with Crippen molar-refractivity contribution in [2.75, 3.05) is 32.0 Å². The van der Waals surface area contributed by atoms with Crippen molar-refractivity contribution in [3.8, 4) is 5.75 Å². The molecule has 4 rings (SSSR count). The highest BCUT2D eigenvalue weighted by atomic mass is 16.5. The average molecular weight is 407 g/mol. The molecule has 0 saturated carbocycles.